The highest BCUT2D eigenvalue weighted by Crippen LogP contribution is 2.25. The van der Waals surface area contributed by atoms with Gasteiger partial charge in [0.05, 0.1) is 11.5 Å². The summed E-state index contributed by atoms with van der Waals surface area (Å²) in [4.78, 5) is 9.47. The van der Waals surface area contributed by atoms with E-state index in [1.807, 2.05) is 0 Å². The second-order valence-electron chi connectivity index (χ2n) is 2.31. The number of nitro benzene ring substituents is 1. The maximum Gasteiger partial charge on any atom is 0.306 e. The number of benzene rings is 1. The molecule has 4 nitrogen and oxygen atoms in total. The molecule has 0 aliphatic heterocycles. The second-order valence-corrected chi connectivity index (χ2v) is 3.23. The molecule has 0 aliphatic carbocycles. The van der Waals surface area contributed by atoms with Gasteiger partial charge in [-0.2, -0.15) is 4.39 Å². The smallest absolute Gasteiger partial charge is 0.306 e. The Hall–Kier alpha value is -1.01. The molecule has 0 heterocycles. The molecule has 0 unspecified atom stereocenters. The van der Waals surface area contributed by atoms with E-state index in [1.165, 1.54) is 6.07 Å². The maximum atomic E-state index is 13.1. The van der Waals surface area contributed by atoms with Gasteiger partial charge in [-0.05, 0) is 6.07 Å². The lowest BCUT2D eigenvalue weighted by molar-refractivity contribution is -0.387. The van der Waals surface area contributed by atoms with E-state index in [9.17, 15) is 14.5 Å². The molecule has 0 saturated heterocycles. The third-order valence-corrected chi connectivity index (χ3v) is 1.92. The van der Waals surface area contributed by atoms with E-state index in [1.54, 1.807) is 0 Å². The predicted octanol–water partition coefficient (Wildman–Crippen LogP) is 1.99. The van der Waals surface area contributed by atoms with Crippen LogP contribution in [-0.4, -0.2) is 10.0 Å². The number of hydrogen-bond acceptors (Lipinski definition) is 3. The van der Waals surface area contributed by atoms with Crippen molar-refractivity contribution in [1.29, 1.82) is 0 Å². The van der Waals surface area contributed by atoms with Crippen LogP contribution in [0.15, 0.2) is 16.6 Å². The fourth-order valence-corrected chi connectivity index (χ4v) is 1.37. The Balaban J connectivity index is 3.35. The standard InChI is InChI=1S/C7H5BrFNO3/c8-5-1-4(3-11)7(9)6(2-5)10(12)13/h1-2,11H,3H2. The summed E-state index contributed by atoms with van der Waals surface area (Å²) in [6, 6.07) is 2.34. The van der Waals surface area contributed by atoms with Gasteiger partial charge in [0.15, 0.2) is 0 Å². The van der Waals surface area contributed by atoms with Crippen molar-refractivity contribution in [3.8, 4) is 0 Å². The largest absolute Gasteiger partial charge is 0.392 e. The number of aliphatic hydroxyl groups is 1. The number of aliphatic hydroxyl groups excluding tert-OH is 1. The number of nitrogens with zero attached hydrogens (tertiary/aromatic N) is 1. The summed E-state index contributed by atoms with van der Waals surface area (Å²) >= 11 is 2.97. The van der Waals surface area contributed by atoms with Crippen LogP contribution in [0.2, 0.25) is 0 Å². The molecule has 0 amide bonds. The molecule has 1 rings (SSSR count). The summed E-state index contributed by atoms with van der Waals surface area (Å²) in [5.41, 5.74) is -0.737. The Labute approximate surface area is 81.3 Å². The Morgan fingerprint density at radius 1 is 1.62 bits per heavy atom. The summed E-state index contributed by atoms with van der Waals surface area (Å²) in [6.07, 6.45) is 0. The molecule has 0 spiro atoms. The van der Waals surface area contributed by atoms with Gasteiger partial charge in [-0.25, -0.2) is 0 Å². The van der Waals surface area contributed by atoms with Gasteiger partial charge in [0.1, 0.15) is 0 Å². The minimum Gasteiger partial charge on any atom is -0.392 e. The van der Waals surface area contributed by atoms with Crippen molar-refractivity contribution < 1.29 is 14.4 Å². The van der Waals surface area contributed by atoms with Crippen molar-refractivity contribution in [2.24, 2.45) is 0 Å². The molecular weight excluding hydrogens is 245 g/mol. The lowest BCUT2D eigenvalue weighted by Crippen LogP contribution is -1.97. The summed E-state index contributed by atoms with van der Waals surface area (Å²) < 4.78 is 13.4. The van der Waals surface area contributed by atoms with Gasteiger partial charge < -0.3 is 5.11 Å². The van der Waals surface area contributed by atoms with Crippen molar-refractivity contribution in [3.05, 3.63) is 38.1 Å². The fourth-order valence-electron chi connectivity index (χ4n) is 0.878. The van der Waals surface area contributed by atoms with Crippen LogP contribution in [0.5, 0.6) is 0 Å². The number of rotatable bonds is 2. The Morgan fingerprint density at radius 2 is 2.23 bits per heavy atom. The van der Waals surface area contributed by atoms with E-state index in [0.717, 1.165) is 6.07 Å². The Morgan fingerprint density at radius 3 is 2.69 bits per heavy atom. The minimum absolute atomic E-state index is 0.0962. The van der Waals surface area contributed by atoms with Crippen molar-refractivity contribution in [2.45, 2.75) is 6.61 Å². The average Bonchev–Trinajstić information content (AvgIpc) is 2.08. The van der Waals surface area contributed by atoms with Crippen LogP contribution in [0.25, 0.3) is 0 Å². The highest BCUT2D eigenvalue weighted by molar-refractivity contribution is 9.10. The number of nitro groups is 1. The molecule has 0 fully saturated rings. The van der Waals surface area contributed by atoms with E-state index in [2.05, 4.69) is 15.9 Å². The number of hydrogen-bond donors (Lipinski definition) is 1. The molecular formula is C7H5BrFNO3. The molecule has 0 aromatic heterocycles. The van der Waals surface area contributed by atoms with Gasteiger partial charge in [-0.3, -0.25) is 10.1 Å². The molecule has 1 aromatic rings. The van der Waals surface area contributed by atoms with Crippen LogP contribution in [0.3, 0.4) is 0 Å². The van der Waals surface area contributed by atoms with Gasteiger partial charge in [0.25, 0.3) is 0 Å². The lowest BCUT2D eigenvalue weighted by Gasteiger charge is -2.00. The SMILES string of the molecule is O=[N+]([O-])c1cc(Br)cc(CO)c1F. The molecule has 0 radical (unpaired) electrons. The summed E-state index contributed by atoms with van der Waals surface area (Å²) in [5.74, 6) is -0.990. The Bertz CT molecular complexity index is 356. The van der Waals surface area contributed by atoms with E-state index in [-0.39, 0.29) is 5.56 Å². The van der Waals surface area contributed by atoms with Crippen LogP contribution in [0, 0.1) is 15.9 Å². The van der Waals surface area contributed by atoms with Gasteiger partial charge in [0.2, 0.25) is 5.82 Å². The zero-order valence-corrected chi connectivity index (χ0v) is 7.91. The molecule has 0 saturated carbocycles. The highest BCUT2D eigenvalue weighted by Gasteiger charge is 2.18. The molecule has 0 aliphatic rings. The molecule has 6 heteroatoms. The zero-order valence-electron chi connectivity index (χ0n) is 6.33. The summed E-state index contributed by atoms with van der Waals surface area (Å²) in [6.45, 7) is -0.563. The van der Waals surface area contributed by atoms with Gasteiger partial charge in [-0.1, -0.05) is 15.9 Å². The van der Waals surface area contributed by atoms with Crippen LogP contribution >= 0.6 is 15.9 Å². The van der Waals surface area contributed by atoms with E-state index < -0.39 is 23.0 Å². The van der Waals surface area contributed by atoms with Gasteiger partial charge in [-0.15, -0.1) is 0 Å². The number of halogens is 2. The van der Waals surface area contributed by atoms with E-state index in [4.69, 9.17) is 5.11 Å². The van der Waals surface area contributed by atoms with E-state index >= 15 is 0 Å². The Kier molecular flexibility index (Phi) is 2.94. The van der Waals surface area contributed by atoms with Crippen LogP contribution in [0.1, 0.15) is 5.56 Å². The quantitative estimate of drug-likeness (QED) is 0.644. The maximum absolute atomic E-state index is 13.1. The average molecular weight is 250 g/mol. The zero-order chi connectivity index (χ0) is 10.0. The molecule has 1 aromatic carbocycles. The lowest BCUT2D eigenvalue weighted by atomic mass is 10.2. The van der Waals surface area contributed by atoms with Crippen LogP contribution in [-0.2, 0) is 6.61 Å². The monoisotopic (exact) mass is 249 g/mol. The van der Waals surface area contributed by atoms with Crippen molar-refractivity contribution in [3.63, 3.8) is 0 Å². The van der Waals surface area contributed by atoms with Gasteiger partial charge in [0, 0.05) is 16.1 Å². The van der Waals surface area contributed by atoms with Gasteiger partial charge >= 0.3 is 5.69 Å². The molecule has 0 bridgehead atoms. The topological polar surface area (TPSA) is 63.4 Å². The molecule has 13 heavy (non-hydrogen) atoms. The van der Waals surface area contributed by atoms with E-state index in [0.29, 0.717) is 4.47 Å². The third kappa shape index (κ3) is 2.02. The summed E-state index contributed by atoms with van der Waals surface area (Å²) in [5, 5.41) is 19.0. The molecule has 0 atom stereocenters. The fraction of sp³-hybridized carbons (Fsp3) is 0.143. The first-order valence-electron chi connectivity index (χ1n) is 3.29. The van der Waals surface area contributed by atoms with Crippen LogP contribution in [0.4, 0.5) is 10.1 Å². The normalized spacial score (nSPS) is 10.1. The predicted molar refractivity (Wildman–Crippen MR) is 46.7 cm³/mol. The minimum atomic E-state index is -0.990. The molecule has 70 valence electrons. The summed E-state index contributed by atoms with van der Waals surface area (Å²) in [7, 11) is 0. The molecule has 1 N–H and O–H groups in total. The van der Waals surface area contributed by atoms with Crippen molar-refractivity contribution >= 4 is 21.6 Å². The second kappa shape index (κ2) is 3.80. The van der Waals surface area contributed by atoms with Crippen LogP contribution < -0.4 is 0 Å². The first-order valence-corrected chi connectivity index (χ1v) is 4.08. The first-order chi connectivity index (χ1) is 6.06. The highest BCUT2D eigenvalue weighted by atomic mass is 79.9. The third-order valence-electron chi connectivity index (χ3n) is 1.46. The van der Waals surface area contributed by atoms with Crippen molar-refractivity contribution in [2.75, 3.05) is 0 Å². The van der Waals surface area contributed by atoms with Crippen molar-refractivity contribution in [1.82, 2.24) is 0 Å². The first kappa shape index (κ1) is 10.1.